The van der Waals surface area contributed by atoms with Gasteiger partial charge in [-0.1, -0.05) is 61.9 Å². The first-order valence-electron chi connectivity index (χ1n) is 12.3. The quantitative estimate of drug-likeness (QED) is 0.263. The number of nitrogens with zero attached hydrogens (tertiary/aromatic N) is 1. The molecule has 2 aliphatic carbocycles. The molecule has 2 aliphatic rings. The van der Waals surface area contributed by atoms with Gasteiger partial charge in [0.05, 0.1) is 5.71 Å². The van der Waals surface area contributed by atoms with E-state index in [4.69, 9.17) is 4.84 Å². The Kier molecular flexibility index (Phi) is 8.38. The second-order valence-electron chi connectivity index (χ2n) is 9.51. The van der Waals surface area contributed by atoms with Gasteiger partial charge in [-0.05, 0) is 74.1 Å². The van der Waals surface area contributed by atoms with Crippen molar-refractivity contribution in [3.8, 4) is 0 Å². The number of rotatable bonds is 7. The molecule has 4 rings (SSSR count). The molecule has 0 bridgehead atoms. The van der Waals surface area contributed by atoms with Crippen molar-refractivity contribution in [3.05, 3.63) is 52.2 Å². The average Bonchev–Trinajstić information content (AvgIpc) is 3.33. The lowest BCUT2D eigenvalue weighted by Crippen LogP contribution is -2.34. The van der Waals surface area contributed by atoms with E-state index in [9.17, 15) is 4.79 Å². The molecule has 1 unspecified atom stereocenters. The van der Waals surface area contributed by atoms with Gasteiger partial charge in [0.15, 0.2) is 0 Å². The van der Waals surface area contributed by atoms with Crippen molar-refractivity contribution in [1.29, 1.82) is 0 Å². The predicted octanol–water partition coefficient (Wildman–Crippen LogP) is 7.98. The lowest BCUT2D eigenvalue weighted by molar-refractivity contribution is 0.162. The van der Waals surface area contributed by atoms with Crippen LogP contribution in [0, 0.1) is 24.7 Å². The third-order valence-corrected chi connectivity index (χ3v) is 8.02. The number of carbonyl (C=O) groups is 1. The Balaban J connectivity index is 1.55. The number of thiophene rings is 1. The first-order chi connectivity index (χ1) is 15.7. The number of nitrogens with one attached hydrogen (secondary N) is 1. The van der Waals surface area contributed by atoms with Gasteiger partial charge in [0.2, 0.25) is 0 Å². The normalized spacial score (nSPS) is 19.5. The number of benzene rings is 1. The molecule has 1 aromatic carbocycles. The molecule has 1 aromatic heterocycles. The number of aryl methyl sites for hydroxylation is 1. The van der Waals surface area contributed by atoms with Gasteiger partial charge in [-0.25, -0.2) is 4.79 Å². The first kappa shape index (κ1) is 23.0. The first-order valence-corrected chi connectivity index (χ1v) is 13.2. The monoisotopic (exact) mass is 452 g/mol. The molecule has 0 spiro atoms. The molecule has 2 aromatic rings. The van der Waals surface area contributed by atoms with Crippen molar-refractivity contribution in [3.63, 3.8) is 0 Å². The van der Waals surface area contributed by atoms with E-state index >= 15 is 0 Å². The summed E-state index contributed by atoms with van der Waals surface area (Å²) in [4.78, 5) is 19.5. The van der Waals surface area contributed by atoms with E-state index in [2.05, 4.69) is 28.0 Å². The van der Waals surface area contributed by atoms with Crippen LogP contribution in [0.2, 0.25) is 0 Å². The van der Waals surface area contributed by atoms with Gasteiger partial charge in [-0.2, -0.15) is 0 Å². The minimum Gasteiger partial charge on any atom is -0.298 e. The summed E-state index contributed by atoms with van der Waals surface area (Å²) in [6.45, 7) is 2.01. The van der Waals surface area contributed by atoms with E-state index in [1.807, 2.05) is 42.5 Å². The summed E-state index contributed by atoms with van der Waals surface area (Å²) in [5.41, 5.74) is 2.98. The van der Waals surface area contributed by atoms with Crippen molar-refractivity contribution < 1.29 is 9.63 Å². The highest BCUT2D eigenvalue weighted by Crippen LogP contribution is 2.38. The molecule has 5 heteroatoms. The SMILES string of the molecule is Cc1cccc(NC(=O)O/N=C(\C2CCCCC2)C(Cc2cccs2)C2CCCCC2)c1. The van der Waals surface area contributed by atoms with Crippen LogP contribution in [0.5, 0.6) is 0 Å². The van der Waals surface area contributed by atoms with Crippen molar-refractivity contribution in [1.82, 2.24) is 0 Å². The lowest BCUT2D eigenvalue weighted by atomic mass is 9.71. The van der Waals surface area contributed by atoms with E-state index in [1.54, 1.807) is 0 Å². The zero-order valence-corrected chi connectivity index (χ0v) is 20.0. The van der Waals surface area contributed by atoms with Gasteiger partial charge in [0.1, 0.15) is 0 Å². The number of amides is 1. The van der Waals surface area contributed by atoms with Gasteiger partial charge >= 0.3 is 6.09 Å². The molecule has 0 saturated heterocycles. The second kappa shape index (κ2) is 11.6. The molecular formula is C27H36N2O2S. The fourth-order valence-corrected chi connectivity index (χ4v) is 6.26. The third kappa shape index (κ3) is 6.44. The maximum absolute atomic E-state index is 12.6. The highest BCUT2D eigenvalue weighted by molar-refractivity contribution is 7.09. The zero-order chi connectivity index (χ0) is 22.2. The summed E-state index contributed by atoms with van der Waals surface area (Å²) in [7, 11) is 0. The zero-order valence-electron chi connectivity index (χ0n) is 19.2. The molecule has 1 N–H and O–H groups in total. The van der Waals surface area contributed by atoms with Crippen molar-refractivity contribution in [2.75, 3.05) is 5.32 Å². The Morgan fingerprint density at radius 1 is 1.06 bits per heavy atom. The molecule has 2 saturated carbocycles. The molecular weight excluding hydrogens is 416 g/mol. The van der Waals surface area contributed by atoms with Crippen LogP contribution in [0.4, 0.5) is 10.5 Å². The van der Waals surface area contributed by atoms with E-state index in [-0.39, 0.29) is 0 Å². The van der Waals surface area contributed by atoms with E-state index in [1.165, 1.54) is 56.2 Å². The Labute approximate surface area is 196 Å². The van der Waals surface area contributed by atoms with Crippen LogP contribution in [-0.4, -0.2) is 11.8 Å². The fourth-order valence-electron chi connectivity index (χ4n) is 5.50. The van der Waals surface area contributed by atoms with Gasteiger partial charge in [-0.3, -0.25) is 10.2 Å². The van der Waals surface area contributed by atoms with E-state index in [0.717, 1.165) is 36.2 Å². The standard InChI is InChI=1S/C27H36N2O2S/c1-20-10-8-15-23(18-20)28-27(30)31-29-26(22-13-6-3-7-14-22)25(19-24-16-9-17-32-24)21-11-4-2-5-12-21/h8-10,15-18,21-22,25H,2-7,11-14,19H2,1H3,(H,28,30)/b29-26+. The molecule has 1 heterocycles. The minimum absolute atomic E-state index is 0.365. The highest BCUT2D eigenvalue weighted by Gasteiger charge is 2.34. The number of anilines is 1. The topological polar surface area (TPSA) is 50.7 Å². The van der Waals surface area contributed by atoms with Crippen LogP contribution >= 0.6 is 11.3 Å². The number of oxime groups is 1. The molecule has 1 amide bonds. The minimum atomic E-state index is -0.498. The molecule has 2 fully saturated rings. The molecule has 0 radical (unpaired) electrons. The third-order valence-electron chi connectivity index (χ3n) is 7.12. The molecule has 0 aliphatic heterocycles. The molecule has 172 valence electrons. The summed E-state index contributed by atoms with van der Waals surface area (Å²) >= 11 is 1.83. The summed E-state index contributed by atoms with van der Waals surface area (Å²) in [6.07, 6.45) is 13.1. The summed E-state index contributed by atoms with van der Waals surface area (Å²) in [6, 6.07) is 12.1. The summed E-state index contributed by atoms with van der Waals surface area (Å²) in [5, 5.41) is 9.63. The maximum Gasteiger partial charge on any atom is 0.437 e. The Bertz CT molecular complexity index is 881. The molecule has 4 nitrogen and oxygen atoms in total. The predicted molar refractivity (Wildman–Crippen MR) is 133 cm³/mol. The fraction of sp³-hybridized carbons (Fsp3) is 0.556. The van der Waals surface area contributed by atoms with Gasteiger partial charge in [0, 0.05) is 22.4 Å². The van der Waals surface area contributed by atoms with Crippen molar-refractivity contribution in [2.45, 2.75) is 77.6 Å². The largest absolute Gasteiger partial charge is 0.437 e. The van der Waals surface area contributed by atoms with Crippen LogP contribution in [0.15, 0.2) is 46.9 Å². The second-order valence-corrected chi connectivity index (χ2v) is 10.5. The number of carbonyl (C=O) groups excluding carboxylic acids is 1. The lowest BCUT2D eigenvalue weighted by Gasteiger charge is -2.35. The maximum atomic E-state index is 12.6. The number of hydrogen-bond donors (Lipinski definition) is 1. The van der Waals surface area contributed by atoms with Crippen LogP contribution < -0.4 is 5.32 Å². The van der Waals surface area contributed by atoms with Gasteiger partial charge < -0.3 is 0 Å². The van der Waals surface area contributed by atoms with Gasteiger partial charge in [-0.15, -0.1) is 11.3 Å². The average molecular weight is 453 g/mol. The van der Waals surface area contributed by atoms with Crippen LogP contribution in [0.25, 0.3) is 0 Å². The van der Waals surface area contributed by atoms with E-state index in [0.29, 0.717) is 17.8 Å². The summed E-state index contributed by atoms with van der Waals surface area (Å²) < 4.78 is 0. The van der Waals surface area contributed by atoms with Crippen LogP contribution in [0.1, 0.15) is 74.6 Å². The molecule has 32 heavy (non-hydrogen) atoms. The Morgan fingerprint density at radius 2 is 1.81 bits per heavy atom. The Morgan fingerprint density at radius 3 is 2.50 bits per heavy atom. The summed E-state index contributed by atoms with van der Waals surface area (Å²) in [5.74, 6) is 1.43. The van der Waals surface area contributed by atoms with Crippen molar-refractivity contribution >= 4 is 28.8 Å². The smallest absolute Gasteiger partial charge is 0.298 e. The Hall–Kier alpha value is -2.14. The van der Waals surface area contributed by atoms with Gasteiger partial charge in [0.25, 0.3) is 0 Å². The van der Waals surface area contributed by atoms with E-state index < -0.39 is 6.09 Å². The number of hydrogen-bond acceptors (Lipinski definition) is 4. The van der Waals surface area contributed by atoms with Crippen molar-refractivity contribution in [2.24, 2.45) is 22.9 Å². The highest BCUT2D eigenvalue weighted by atomic mass is 32.1. The molecule has 1 atom stereocenters. The van der Waals surface area contributed by atoms with Crippen LogP contribution in [-0.2, 0) is 11.3 Å². The van der Waals surface area contributed by atoms with Crippen LogP contribution in [0.3, 0.4) is 0 Å².